The summed E-state index contributed by atoms with van der Waals surface area (Å²) >= 11 is 0. The SMILES string of the molecule is CCCNC(CCCS(C)(=O)=O)c1c(C)cc(C)cc1C. The largest absolute Gasteiger partial charge is 0.310 e. The zero-order chi connectivity index (χ0) is 16.0. The average Bonchev–Trinajstić information content (AvgIpc) is 2.32. The summed E-state index contributed by atoms with van der Waals surface area (Å²) in [6.07, 6.45) is 3.95. The maximum absolute atomic E-state index is 11.3. The Balaban J connectivity index is 2.91. The molecule has 0 saturated carbocycles. The first kappa shape index (κ1) is 18.2. The molecule has 0 bridgehead atoms. The molecule has 1 aromatic rings. The van der Waals surface area contributed by atoms with Crippen LogP contribution in [-0.2, 0) is 9.84 Å². The Morgan fingerprint density at radius 3 is 2.19 bits per heavy atom. The lowest BCUT2D eigenvalue weighted by atomic mass is 9.91. The summed E-state index contributed by atoms with van der Waals surface area (Å²) in [6, 6.07) is 4.66. The van der Waals surface area contributed by atoms with Crippen molar-refractivity contribution in [2.24, 2.45) is 0 Å². The van der Waals surface area contributed by atoms with E-state index >= 15 is 0 Å². The molecule has 0 radical (unpaired) electrons. The van der Waals surface area contributed by atoms with Crippen LogP contribution in [0.1, 0.15) is 54.5 Å². The predicted octanol–water partition coefficient (Wildman–Crippen LogP) is 3.48. The summed E-state index contributed by atoms with van der Waals surface area (Å²) in [5, 5.41) is 3.58. The molecule has 0 aliphatic carbocycles. The summed E-state index contributed by atoms with van der Waals surface area (Å²) in [4.78, 5) is 0. The van der Waals surface area contributed by atoms with E-state index in [0.29, 0.717) is 6.42 Å². The van der Waals surface area contributed by atoms with Gasteiger partial charge < -0.3 is 5.32 Å². The van der Waals surface area contributed by atoms with Crippen molar-refractivity contribution in [3.8, 4) is 0 Å². The molecule has 1 unspecified atom stereocenters. The molecule has 1 atom stereocenters. The Kier molecular flexibility index (Phi) is 6.88. The Labute approximate surface area is 130 Å². The zero-order valence-corrected chi connectivity index (χ0v) is 14.8. The first-order chi connectivity index (χ1) is 9.74. The van der Waals surface area contributed by atoms with Gasteiger partial charge in [0, 0.05) is 18.1 Å². The number of hydrogen-bond acceptors (Lipinski definition) is 3. The van der Waals surface area contributed by atoms with Gasteiger partial charge in [0.2, 0.25) is 0 Å². The van der Waals surface area contributed by atoms with Gasteiger partial charge in [-0.1, -0.05) is 24.6 Å². The highest BCUT2D eigenvalue weighted by atomic mass is 32.2. The second-order valence-electron chi connectivity index (χ2n) is 6.09. The van der Waals surface area contributed by atoms with Crippen molar-refractivity contribution >= 4 is 9.84 Å². The molecule has 1 aromatic carbocycles. The highest BCUT2D eigenvalue weighted by molar-refractivity contribution is 7.90. The minimum Gasteiger partial charge on any atom is -0.310 e. The number of sulfone groups is 1. The highest BCUT2D eigenvalue weighted by Crippen LogP contribution is 2.27. The predicted molar refractivity (Wildman–Crippen MR) is 90.6 cm³/mol. The lowest BCUT2D eigenvalue weighted by Gasteiger charge is -2.23. The molecular formula is C17H29NO2S. The molecule has 0 aliphatic heterocycles. The van der Waals surface area contributed by atoms with Crippen molar-refractivity contribution < 1.29 is 8.42 Å². The van der Waals surface area contributed by atoms with Crippen LogP contribution in [0, 0.1) is 20.8 Å². The van der Waals surface area contributed by atoms with Gasteiger partial charge in [-0.15, -0.1) is 0 Å². The van der Waals surface area contributed by atoms with Crippen LogP contribution in [0.4, 0.5) is 0 Å². The molecule has 120 valence electrons. The third-order valence-electron chi connectivity index (χ3n) is 3.74. The molecule has 3 nitrogen and oxygen atoms in total. The van der Waals surface area contributed by atoms with Crippen molar-refractivity contribution in [1.29, 1.82) is 0 Å². The molecule has 1 rings (SSSR count). The maximum Gasteiger partial charge on any atom is 0.147 e. The van der Waals surface area contributed by atoms with Gasteiger partial charge in [-0.2, -0.15) is 0 Å². The molecule has 0 saturated heterocycles. The second kappa shape index (κ2) is 7.95. The normalized spacial score (nSPS) is 13.4. The van der Waals surface area contributed by atoms with Gasteiger partial charge in [0.25, 0.3) is 0 Å². The van der Waals surface area contributed by atoms with Gasteiger partial charge in [0.15, 0.2) is 0 Å². The topological polar surface area (TPSA) is 46.2 Å². The highest BCUT2D eigenvalue weighted by Gasteiger charge is 2.16. The quantitative estimate of drug-likeness (QED) is 0.799. The van der Waals surface area contributed by atoms with E-state index in [0.717, 1.165) is 19.4 Å². The van der Waals surface area contributed by atoms with Crippen molar-refractivity contribution in [3.05, 3.63) is 34.4 Å². The van der Waals surface area contributed by atoms with Gasteiger partial charge in [0.05, 0.1) is 0 Å². The van der Waals surface area contributed by atoms with E-state index in [-0.39, 0.29) is 11.8 Å². The van der Waals surface area contributed by atoms with Gasteiger partial charge in [-0.25, -0.2) is 8.42 Å². The summed E-state index contributed by atoms with van der Waals surface area (Å²) in [5.41, 5.74) is 5.20. The molecular weight excluding hydrogens is 282 g/mol. The fourth-order valence-corrected chi connectivity index (χ4v) is 3.65. The van der Waals surface area contributed by atoms with E-state index < -0.39 is 9.84 Å². The number of aryl methyl sites for hydroxylation is 3. The fourth-order valence-electron chi connectivity index (χ4n) is 2.96. The maximum atomic E-state index is 11.3. The van der Waals surface area contributed by atoms with Crippen LogP contribution >= 0.6 is 0 Å². The monoisotopic (exact) mass is 311 g/mol. The zero-order valence-electron chi connectivity index (χ0n) is 14.0. The number of rotatable bonds is 8. The van der Waals surface area contributed by atoms with Crippen molar-refractivity contribution in [2.45, 2.75) is 53.0 Å². The first-order valence-corrected chi connectivity index (χ1v) is 9.79. The van der Waals surface area contributed by atoms with Crippen LogP contribution in [0.25, 0.3) is 0 Å². The minimum absolute atomic E-state index is 0.243. The average molecular weight is 311 g/mol. The molecule has 21 heavy (non-hydrogen) atoms. The molecule has 0 aliphatic rings. The standard InChI is InChI=1S/C17H29NO2S/c1-6-9-18-16(8-7-10-21(5,19)20)17-14(3)11-13(2)12-15(17)4/h11-12,16,18H,6-10H2,1-5H3. The summed E-state index contributed by atoms with van der Waals surface area (Å²) in [5.74, 6) is 0.265. The number of benzene rings is 1. The van der Waals surface area contributed by atoms with Crippen molar-refractivity contribution in [3.63, 3.8) is 0 Å². The molecule has 0 amide bonds. The second-order valence-corrected chi connectivity index (χ2v) is 8.35. The Bertz CT molecular complexity index is 541. The molecule has 0 aromatic heterocycles. The van der Waals surface area contributed by atoms with Gasteiger partial charge in [-0.3, -0.25) is 0 Å². The van der Waals surface area contributed by atoms with Crippen LogP contribution in [0.15, 0.2) is 12.1 Å². The van der Waals surface area contributed by atoms with Crippen molar-refractivity contribution in [2.75, 3.05) is 18.6 Å². The minimum atomic E-state index is -2.88. The smallest absolute Gasteiger partial charge is 0.147 e. The molecule has 0 heterocycles. The van der Waals surface area contributed by atoms with Crippen LogP contribution in [0.2, 0.25) is 0 Å². The summed E-state index contributed by atoms with van der Waals surface area (Å²) in [7, 11) is -2.88. The third-order valence-corrected chi connectivity index (χ3v) is 4.77. The van der Waals surface area contributed by atoms with Crippen LogP contribution in [0.3, 0.4) is 0 Å². The molecule has 4 heteroatoms. The number of nitrogens with one attached hydrogen (secondary N) is 1. The van der Waals surface area contributed by atoms with E-state index in [1.165, 1.54) is 28.5 Å². The first-order valence-electron chi connectivity index (χ1n) is 7.73. The van der Waals surface area contributed by atoms with E-state index in [9.17, 15) is 8.42 Å². The van der Waals surface area contributed by atoms with Gasteiger partial charge >= 0.3 is 0 Å². The summed E-state index contributed by atoms with van der Waals surface area (Å²) < 4.78 is 22.6. The van der Waals surface area contributed by atoms with E-state index in [1.54, 1.807) is 0 Å². The number of hydrogen-bond donors (Lipinski definition) is 1. The van der Waals surface area contributed by atoms with Crippen LogP contribution in [-0.4, -0.2) is 27.0 Å². The Morgan fingerprint density at radius 2 is 1.71 bits per heavy atom. The molecule has 0 fully saturated rings. The lowest BCUT2D eigenvalue weighted by molar-refractivity contribution is 0.489. The third kappa shape index (κ3) is 6.18. The van der Waals surface area contributed by atoms with E-state index in [1.807, 2.05) is 0 Å². The van der Waals surface area contributed by atoms with E-state index in [4.69, 9.17) is 0 Å². The molecule has 0 spiro atoms. The Hall–Kier alpha value is -0.870. The van der Waals surface area contributed by atoms with Gasteiger partial charge in [-0.05, 0) is 63.3 Å². The summed E-state index contributed by atoms with van der Waals surface area (Å²) in [6.45, 7) is 9.51. The van der Waals surface area contributed by atoms with Crippen molar-refractivity contribution in [1.82, 2.24) is 5.32 Å². The molecule has 1 N–H and O–H groups in total. The van der Waals surface area contributed by atoms with Crippen LogP contribution in [0.5, 0.6) is 0 Å². The van der Waals surface area contributed by atoms with Crippen LogP contribution < -0.4 is 5.32 Å². The van der Waals surface area contributed by atoms with E-state index in [2.05, 4.69) is 45.1 Å². The Morgan fingerprint density at radius 1 is 1.14 bits per heavy atom. The lowest BCUT2D eigenvalue weighted by Crippen LogP contribution is -2.24. The fraction of sp³-hybridized carbons (Fsp3) is 0.647. The van der Waals surface area contributed by atoms with Gasteiger partial charge in [0.1, 0.15) is 9.84 Å².